The van der Waals surface area contributed by atoms with Crippen molar-refractivity contribution in [1.82, 2.24) is 15.6 Å². The number of aliphatic imine (C=N–C) groups is 1. The van der Waals surface area contributed by atoms with Crippen LogP contribution < -0.4 is 10.6 Å². The van der Waals surface area contributed by atoms with Crippen molar-refractivity contribution in [2.24, 2.45) is 10.9 Å². The number of pyridine rings is 1. The molecule has 1 heterocycles. The molecule has 1 aromatic heterocycles. The first-order valence-corrected chi connectivity index (χ1v) is 7.14. The molecule has 0 aliphatic carbocycles. The summed E-state index contributed by atoms with van der Waals surface area (Å²) in [5.41, 5.74) is 1.10. The maximum absolute atomic E-state index is 4.30. The molecule has 20 heavy (non-hydrogen) atoms. The molecule has 1 aromatic rings. The van der Waals surface area contributed by atoms with Gasteiger partial charge in [0.15, 0.2) is 5.96 Å². The Balaban J connectivity index is 0.00000361. The highest BCUT2D eigenvalue weighted by Crippen LogP contribution is 2.04. The van der Waals surface area contributed by atoms with E-state index in [1.807, 2.05) is 31.4 Å². The van der Waals surface area contributed by atoms with Gasteiger partial charge in [0, 0.05) is 38.4 Å². The molecule has 2 N–H and O–H groups in total. The molecule has 0 fully saturated rings. The Morgan fingerprint density at radius 2 is 2.00 bits per heavy atom. The van der Waals surface area contributed by atoms with Crippen molar-refractivity contribution in [3.05, 3.63) is 30.1 Å². The Kier molecular flexibility index (Phi) is 11.4. The molecule has 0 saturated heterocycles. The van der Waals surface area contributed by atoms with Crippen LogP contribution in [0.2, 0.25) is 0 Å². The van der Waals surface area contributed by atoms with Gasteiger partial charge >= 0.3 is 0 Å². The lowest BCUT2D eigenvalue weighted by Crippen LogP contribution is -2.40. The van der Waals surface area contributed by atoms with Gasteiger partial charge in [-0.15, -0.1) is 24.0 Å². The van der Waals surface area contributed by atoms with Gasteiger partial charge in [-0.2, -0.15) is 0 Å². The van der Waals surface area contributed by atoms with E-state index in [0.29, 0.717) is 5.92 Å². The summed E-state index contributed by atoms with van der Waals surface area (Å²) >= 11 is 0. The van der Waals surface area contributed by atoms with Crippen LogP contribution in [0.25, 0.3) is 0 Å². The predicted octanol–water partition coefficient (Wildman–Crippen LogP) is 2.84. The van der Waals surface area contributed by atoms with Crippen LogP contribution in [0.3, 0.4) is 0 Å². The largest absolute Gasteiger partial charge is 0.356 e. The van der Waals surface area contributed by atoms with Crippen LogP contribution in [0.5, 0.6) is 0 Å². The van der Waals surface area contributed by atoms with Crippen molar-refractivity contribution in [3.63, 3.8) is 0 Å². The highest BCUT2D eigenvalue weighted by atomic mass is 127. The van der Waals surface area contributed by atoms with Gasteiger partial charge in [0.05, 0.1) is 0 Å². The minimum atomic E-state index is 0. The van der Waals surface area contributed by atoms with E-state index >= 15 is 0 Å². The summed E-state index contributed by atoms with van der Waals surface area (Å²) in [6, 6.07) is 6.00. The highest BCUT2D eigenvalue weighted by molar-refractivity contribution is 14.0. The molecule has 0 radical (unpaired) electrons. The van der Waals surface area contributed by atoms with E-state index in [1.165, 1.54) is 12.8 Å². The van der Waals surface area contributed by atoms with Gasteiger partial charge in [-0.25, -0.2) is 0 Å². The average molecular weight is 390 g/mol. The van der Waals surface area contributed by atoms with Crippen molar-refractivity contribution < 1.29 is 0 Å². The zero-order valence-electron chi connectivity index (χ0n) is 12.7. The average Bonchev–Trinajstić information content (AvgIpc) is 2.47. The van der Waals surface area contributed by atoms with Gasteiger partial charge in [-0.05, 0) is 18.1 Å². The first kappa shape index (κ1) is 19.1. The normalized spacial score (nSPS) is 11.1. The third-order valence-electron chi connectivity index (χ3n) is 3.34. The molecule has 0 aliphatic heterocycles. The number of hydrogen-bond donors (Lipinski definition) is 2. The lowest BCUT2D eigenvalue weighted by Gasteiger charge is -2.16. The first-order valence-electron chi connectivity index (χ1n) is 7.14. The molecule has 0 atom stereocenters. The summed E-state index contributed by atoms with van der Waals surface area (Å²) in [6.45, 7) is 6.29. The topological polar surface area (TPSA) is 49.3 Å². The van der Waals surface area contributed by atoms with E-state index in [4.69, 9.17) is 0 Å². The molecular formula is C15H27IN4. The molecule has 5 heteroatoms. The lowest BCUT2D eigenvalue weighted by atomic mass is 10.0. The van der Waals surface area contributed by atoms with Crippen molar-refractivity contribution in [2.75, 3.05) is 20.1 Å². The van der Waals surface area contributed by atoms with Gasteiger partial charge in [0.1, 0.15) is 0 Å². The van der Waals surface area contributed by atoms with Gasteiger partial charge in [0.25, 0.3) is 0 Å². The molecule has 0 aliphatic rings. The van der Waals surface area contributed by atoms with Crippen molar-refractivity contribution in [1.29, 1.82) is 0 Å². The number of nitrogens with one attached hydrogen (secondary N) is 2. The number of aromatic nitrogens is 1. The van der Waals surface area contributed by atoms with Crippen LogP contribution in [-0.2, 0) is 6.42 Å². The summed E-state index contributed by atoms with van der Waals surface area (Å²) in [5, 5.41) is 6.70. The molecule has 0 unspecified atom stereocenters. The number of halogens is 1. The molecule has 1 rings (SSSR count). The Morgan fingerprint density at radius 1 is 1.25 bits per heavy atom. The van der Waals surface area contributed by atoms with E-state index in [1.54, 1.807) is 0 Å². The number of guanidine groups is 1. The third-order valence-corrected chi connectivity index (χ3v) is 3.34. The minimum absolute atomic E-state index is 0. The Morgan fingerprint density at radius 3 is 2.55 bits per heavy atom. The molecule has 0 saturated carbocycles. The Bertz CT molecular complexity index is 363. The zero-order chi connectivity index (χ0) is 13.9. The van der Waals surface area contributed by atoms with Crippen LogP contribution in [0.1, 0.15) is 32.4 Å². The summed E-state index contributed by atoms with van der Waals surface area (Å²) in [7, 11) is 1.81. The van der Waals surface area contributed by atoms with Crippen LogP contribution in [-0.4, -0.2) is 31.1 Å². The quantitative estimate of drug-likeness (QED) is 0.428. The molecule has 0 bridgehead atoms. The smallest absolute Gasteiger partial charge is 0.190 e. The lowest BCUT2D eigenvalue weighted by molar-refractivity contribution is 0.481. The number of nitrogens with zero attached hydrogens (tertiary/aromatic N) is 2. The van der Waals surface area contributed by atoms with Gasteiger partial charge < -0.3 is 10.6 Å². The summed E-state index contributed by atoms with van der Waals surface area (Å²) in [6.07, 6.45) is 5.14. The Labute approximate surface area is 139 Å². The third kappa shape index (κ3) is 7.67. The van der Waals surface area contributed by atoms with Gasteiger partial charge in [0.2, 0.25) is 0 Å². The van der Waals surface area contributed by atoms with E-state index in [0.717, 1.165) is 31.2 Å². The van der Waals surface area contributed by atoms with Gasteiger partial charge in [-0.1, -0.05) is 32.8 Å². The monoisotopic (exact) mass is 390 g/mol. The fraction of sp³-hybridized carbons (Fsp3) is 0.600. The molecule has 0 spiro atoms. The number of hydrogen-bond acceptors (Lipinski definition) is 2. The van der Waals surface area contributed by atoms with E-state index in [9.17, 15) is 0 Å². The number of rotatable bonds is 7. The highest BCUT2D eigenvalue weighted by Gasteiger charge is 2.04. The standard InChI is InChI=1S/C15H26N4.HI/c1-4-13(5-2)12-19-15(16-3)18-11-9-14-8-6-7-10-17-14;/h6-8,10,13H,4-5,9,11-12H2,1-3H3,(H2,16,18,19);1H. The SMILES string of the molecule is CCC(CC)CNC(=NC)NCCc1ccccn1.I. The maximum Gasteiger partial charge on any atom is 0.190 e. The van der Waals surface area contributed by atoms with Crippen LogP contribution in [0.15, 0.2) is 29.4 Å². The molecule has 0 aromatic carbocycles. The van der Waals surface area contributed by atoms with Crippen molar-refractivity contribution in [2.45, 2.75) is 33.1 Å². The van der Waals surface area contributed by atoms with Crippen LogP contribution in [0, 0.1) is 5.92 Å². The van der Waals surface area contributed by atoms with E-state index in [2.05, 4.69) is 34.5 Å². The fourth-order valence-corrected chi connectivity index (χ4v) is 1.89. The predicted molar refractivity (Wildman–Crippen MR) is 96.8 cm³/mol. The molecule has 4 nitrogen and oxygen atoms in total. The molecule has 114 valence electrons. The van der Waals surface area contributed by atoms with E-state index in [-0.39, 0.29) is 24.0 Å². The second-order valence-corrected chi connectivity index (χ2v) is 4.63. The maximum atomic E-state index is 4.30. The minimum Gasteiger partial charge on any atom is -0.356 e. The van der Waals surface area contributed by atoms with Crippen molar-refractivity contribution in [3.8, 4) is 0 Å². The van der Waals surface area contributed by atoms with Crippen LogP contribution >= 0.6 is 24.0 Å². The fourth-order valence-electron chi connectivity index (χ4n) is 1.89. The second kappa shape index (κ2) is 11.9. The van der Waals surface area contributed by atoms with Crippen molar-refractivity contribution >= 4 is 29.9 Å². The molecule has 0 amide bonds. The summed E-state index contributed by atoms with van der Waals surface area (Å²) in [5.74, 6) is 1.59. The van der Waals surface area contributed by atoms with Crippen LogP contribution in [0.4, 0.5) is 0 Å². The van der Waals surface area contributed by atoms with Gasteiger partial charge in [-0.3, -0.25) is 9.98 Å². The second-order valence-electron chi connectivity index (χ2n) is 4.63. The molecular weight excluding hydrogens is 363 g/mol. The summed E-state index contributed by atoms with van der Waals surface area (Å²) in [4.78, 5) is 8.54. The zero-order valence-corrected chi connectivity index (χ0v) is 15.1. The first-order chi connectivity index (χ1) is 9.30. The Hall–Kier alpha value is -0.850. The summed E-state index contributed by atoms with van der Waals surface area (Å²) < 4.78 is 0. The van der Waals surface area contributed by atoms with E-state index < -0.39 is 0 Å².